The standard InChI is InChI=1S/C23H27ClFN3O3/c1-15-12-16(2)22(20(24)13-15)26-23(30)17(3)27-8-10-28(11-9-27)21(29)14-31-19-6-4-18(25)5-7-19/h4-7,12-13,17H,8-11,14H2,1-3H3,(H,26,30). The highest BCUT2D eigenvalue weighted by Crippen LogP contribution is 2.27. The number of piperazine rings is 1. The van der Waals surface area contributed by atoms with Crippen LogP contribution in [0, 0.1) is 19.7 Å². The lowest BCUT2D eigenvalue weighted by Crippen LogP contribution is -2.54. The van der Waals surface area contributed by atoms with E-state index in [1.54, 1.807) is 4.90 Å². The summed E-state index contributed by atoms with van der Waals surface area (Å²) in [5.41, 5.74) is 2.59. The number of carbonyl (C=O) groups is 2. The minimum Gasteiger partial charge on any atom is -0.484 e. The first-order valence-electron chi connectivity index (χ1n) is 10.2. The molecule has 1 unspecified atom stereocenters. The van der Waals surface area contributed by atoms with E-state index in [-0.39, 0.29) is 30.3 Å². The van der Waals surface area contributed by atoms with E-state index < -0.39 is 0 Å². The number of rotatable bonds is 6. The Hall–Kier alpha value is -2.64. The highest BCUT2D eigenvalue weighted by molar-refractivity contribution is 6.34. The summed E-state index contributed by atoms with van der Waals surface area (Å²) in [7, 11) is 0. The molecule has 2 amide bonds. The molecule has 3 rings (SSSR count). The van der Waals surface area contributed by atoms with Gasteiger partial charge in [-0.15, -0.1) is 0 Å². The van der Waals surface area contributed by atoms with E-state index in [1.165, 1.54) is 24.3 Å². The summed E-state index contributed by atoms with van der Waals surface area (Å²) in [4.78, 5) is 28.9. The SMILES string of the molecule is Cc1cc(C)c(NC(=O)C(C)N2CCN(C(=O)COc3ccc(F)cc3)CC2)c(Cl)c1. The molecule has 0 aromatic heterocycles. The number of nitrogens with zero attached hydrogens (tertiary/aromatic N) is 2. The van der Waals surface area contributed by atoms with Crippen molar-refractivity contribution in [3.8, 4) is 5.75 Å². The maximum Gasteiger partial charge on any atom is 0.260 e. The molecule has 2 aromatic rings. The summed E-state index contributed by atoms with van der Waals surface area (Å²) < 4.78 is 18.4. The van der Waals surface area contributed by atoms with Gasteiger partial charge in [0.2, 0.25) is 5.91 Å². The largest absolute Gasteiger partial charge is 0.484 e. The Bertz CT molecular complexity index is 921. The van der Waals surface area contributed by atoms with E-state index in [0.29, 0.717) is 42.6 Å². The van der Waals surface area contributed by atoms with Crippen molar-refractivity contribution in [3.63, 3.8) is 0 Å². The Kier molecular flexibility index (Phi) is 7.51. The average Bonchev–Trinajstić information content (AvgIpc) is 2.75. The molecule has 6 nitrogen and oxygen atoms in total. The van der Waals surface area contributed by atoms with Gasteiger partial charge in [-0.1, -0.05) is 17.7 Å². The van der Waals surface area contributed by atoms with Crippen LogP contribution in [0.15, 0.2) is 36.4 Å². The van der Waals surface area contributed by atoms with Crippen LogP contribution < -0.4 is 10.1 Å². The lowest BCUT2D eigenvalue weighted by molar-refractivity contribution is -0.135. The van der Waals surface area contributed by atoms with Gasteiger partial charge in [-0.25, -0.2) is 4.39 Å². The summed E-state index contributed by atoms with van der Waals surface area (Å²) in [5.74, 6) is -0.173. The van der Waals surface area contributed by atoms with Crippen LogP contribution in [0.2, 0.25) is 5.02 Å². The third kappa shape index (κ3) is 5.95. The molecular weight excluding hydrogens is 421 g/mol. The lowest BCUT2D eigenvalue weighted by Gasteiger charge is -2.37. The molecule has 0 radical (unpaired) electrons. The maximum atomic E-state index is 12.9. The molecule has 0 aliphatic carbocycles. The van der Waals surface area contributed by atoms with Gasteiger partial charge in [-0.2, -0.15) is 0 Å². The number of ether oxygens (including phenoxy) is 1. The summed E-state index contributed by atoms with van der Waals surface area (Å²) >= 11 is 6.30. The van der Waals surface area contributed by atoms with Crippen molar-refractivity contribution in [2.24, 2.45) is 0 Å². The predicted molar refractivity (Wildman–Crippen MR) is 119 cm³/mol. The van der Waals surface area contributed by atoms with Crippen LogP contribution in [0.25, 0.3) is 0 Å². The van der Waals surface area contributed by atoms with Gasteiger partial charge in [0.25, 0.3) is 5.91 Å². The van der Waals surface area contributed by atoms with E-state index in [9.17, 15) is 14.0 Å². The normalized spacial score (nSPS) is 15.5. The second-order valence-corrected chi connectivity index (χ2v) is 8.17. The van der Waals surface area contributed by atoms with Gasteiger partial charge in [0.1, 0.15) is 11.6 Å². The summed E-state index contributed by atoms with van der Waals surface area (Å²) in [6.07, 6.45) is 0. The van der Waals surface area contributed by atoms with Crippen LogP contribution >= 0.6 is 11.6 Å². The fourth-order valence-electron chi connectivity index (χ4n) is 3.59. The lowest BCUT2D eigenvalue weighted by atomic mass is 10.1. The van der Waals surface area contributed by atoms with E-state index >= 15 is 0 Å². The van der Waals surface area contributed by atoms with Crippen molar-refractivity contribution in [3.05, 3.63) is 58.4 Å². The quantitative estimate of drug-likeness (QED) is 0.734. The van der Waals surface area contributed by atoms with E-state index in [2.05, 4.69) is 5.32 Å². The Balaban J connectivity index is 1.48. The molecule has 1 aliphatic heterocycles. The topological polar surface area (TPSA) is 61.9 Å². The van der Waals surface area contributed by atoms with Crippen molar-refractivity contribution < 1.29 is 18.7 Å². The molecule has 0 bridgehead atoms. The maximum absolute atomic E-state index is 12.9. The summed E-state index contributed by atoms with van der Waals surface area (Å²) in [5, 5.41) is 3.46. The molecule has 8 heteroatoms. The Labute approximate surface area is 186 Å². The first-order chi connectivity index (χ1) is 14.7. The number of nitrogens with one attached hydrogen (secondary N) is 1. The van der Waals surface area contributed by atoms with Crippen molar-refractivity contribution in [1.82, 2.24) is 9.80 Å². The number of anilines is 1. The number of amides is 2. The Morgan fingerprint density at radius 1 is 1.13 bits per heavy atom. The first-order valence-corrected chi connectivity index (χ1v) is 10.6. The van der Waals surface area contributed by atoms with Gasteiger partial charge in [0.05, 0.1) is 16.8 Å². The van der Waals surface area contributed by atoms with Crippen molar-refractivity contribution in [2.75, 3.05) is 38.1 Å². The van der Waals surface area contributed by atoms with E-state index in [1.807, 2.05) is 37.8 Å². The molecule has 1 fully saturated rings. The second kappa shape index (κ2) is 10.1. The summed E-state index contributed by atoms with van der Waals surface area (Å²) in [6.45, 7) is 7.79. The number of hydrogen-bond donors (Lipinski definition) is 1. The second-order valence-electron chi connectivity index (χ2n) is 7.76. The molecule has 1 N–H and O–H groups in total. The molecule has 31 heavy (non-hydrogen) atoms. The molecular formula is C23H27ClFN3O3. The zero-order valence-corrected chi connectivity index (χ0v) is 18.7. The number of hydrogen-bond acceptors (Lipinski definition) is 4. The number of aryl methyl sites for hydroxylation is 2. The van der Waals surface area contributed by atoms with E-state index in [4.69, 9.17) is 16.3 Å². The fourth-order valence-corrected chi connectivity index (χ4v) is 3.96. The van der Waals surface area contributed by atoms with Crippen molar-refractivity contribution >= 4 is 29.1 Å². The van der Waals surface area contributed by atoms with E-state index in [0.717, 1.165) is 11.1 Å². The number of carbonyl (C=O) groups excluding carboxylic acids is 2. The van der Waals surface area contributed by atoms with Crippen LogP contribution in [0.1, 0.15) is 18.1 Å². The predicted octanol–water partition coefficient (Wildman–Crippen LogP) is 3.65. The minimum absolute atomic E-state index is 0.104. The summed E-state index contributed by atoms with van der Waals surface area (Å²) in [6, 6.07) is 9.00. The molecule has 2 aromatic carbocycles. The Morgan fingerprint density at radius 2 is 1.77 bits per heavy atom. The van der Waals surface area contributed by atoms with Gasteiger partial charge in [-0.3, -0.25) is 14.5 Å². The number of halogens is 2. The molecule has 1 heterocycles. The van der Waals surface area contributed by atoms with Gasteiger partial charge in [-0.05, 0) is 62.2 Å². The third-order valence-electron chi connectivity index (χ3n) is 5.45. The minimum atomic E-state index is -0.357. The number of benzene rings is 2. The van der Waals surface area contributed by atoms with Crippen LogP contribution in [-0.4, -0.2) is 60.4 Å². The van der Waals surface area contributed by atoms with Gasteiger partial charge in [0.15, 0.2) is 6.61 Å². The highest BCUT2D eigenvalue weighted by atomic mass is 35.5. The van der Waals surface area contributed by atoms with Crippen molar-refractivity contribution in [1.29, 1.82) is 0 Å². The van der Waals surface area contributed by atoms with Gasteiger partial charge in [0, 0.05) is 26.2 Å². The van der Waals surface area contributed by atoms with Crippen LogP contribution in [0.3, 0.4) is 0 Å². The smallest absolute Gasteiger partial charge is 0.260 e. The molecule has 0 spiro atoms. The van der Waals surface area contributed by atoms with Crippen LogP contribution in [0.5, 0.6) is 5.75 Å². The fraction of sp³-hybridized carbons (Fsp3) is 0.391. The zero-order valence-electron chi connectivity index (χ0n) is 18.0. The molecule has 1 saturated heterocycles. The van der Waals surface area contributed by atoms with Crippen molar-refractivity contribution in [2.45, 2.75) is 26.8 Å². The molecule has 1 aliphatic rings. The van der Waals surface area contributed by atoms with Gasteiger partial charge < -0.3 is 15.0 Å². The average molecular weight is 448 g/mol. The third-order valence-corrected chi connectivity index (χ3v) is 5.75. The zero-order chi connectivity index (χ0) is 22.5. The first kappa shape index (κ1) is 23.0. The highest BCUT2D eigenvalue weighted by Gasteiger charge is 2.28. The Morgan fingerprint density at radius 3 is 2.39 bits per heavy atom. The van der Waals surface area contributed by atoms with Crippen LogP contribution in [0.4, 0.5) is 10.1 Å². The molecule has 0 saturated carbocycles. The van der Waals surface area contributed by atoms with Crippen LogP contribution in [-0.2, 0) is 9.59 Å². The monoisotopic (exact) mass is 447 g/mol. The molecule has 166 valence electrons. The molecule has 1 atom stereocenters. The van der Waals surface area contributed by atoms with Gasteiger partial charge >= 0.3 is 0 Å².